The molecule has 0 bridgehead atoms. The van der Waals surface area contributed by atoms with Crippen LogP contribution in [0.5, 0.6) is 0 Å². The second-order valence-electron chi connectivity index (χ2n) is 7.22. The van der Waals surface area contributed by atoms with Crippen LogP contribution in [0.25, 0.3) is 0 Å². The van der Waals surface area contributed by atoms with E-state index in [1.165, 1.54) is 0 Å². The zero-order valence-electron chi connectivity index (χ0n) is 18.2. The van der Waals surface area contributed by atoms with Gasteiger partial charge in [0.25, 0.3) is 5.91 Å². The molecule has 3 amide bonds. The van der Waals surface area contributed by atoms with Gasteiger partial charge in [-0.25, -0.2) is 0 Å². The molecule has 166 valence electrons. The summed E-state index contributed by atoms with van der Waals surface area (Å²) in [5, 5.41) is 8.62. The highest BCUT2D eigenvalue weighted by molar-refractivity contribution is 5.98. The lowest BCUT2D eigenvalue weighted by Crippen LogP contribution is -2.27. The standard InChI is InChI=1S/C23H30N4O4/c1-27(2)22(29)11-10-17-6-4-8-19(14-17)25-16-21(28)26-20-9-5-7-18(15-20)23(30)24-12-13-31-3/h4-9,14-15,25H,10-13,16H2,1-3H3,(H,24,30)(H,26,28). The lowest BCUT2D eigenvalue weighted by atomic mass is 10.1. The molecule has 8 heteroatoms. The van der Waals surface area contributed by atoms with Crippen molar-refractivity contribution < 1.29 is 19.1 Å². The maximum Gasteiger partial charge on any atom is 0.251 e. The van der Waals surface area contributed by atoms with Crippen LogP contribution in [0.4, 0.5) is 11.4 Å². The van der Waals surface area contributed by atoms with Crippen LogP contribution in [0.1, 0.15) is 22.3 Å². The van der Waals surface area contributed by atoms with Crippen LogP contribution in [-0.4, -0.2) is 63.5 Å². The molecule has 0 saturated heterocycles. The maximum atomic E-state index is 12.3. The van der Waals surface area contributed by atoms with E-state index < -0.39 is 0 Å². The van der Waals surface area contributed by atoms with Crippen LogP contribution < -0.4 is 16.0 Å². The van der Waals surface area contributed by atoms with Crippen LogP contribution in [-0.2, 0) is 20.7 Å². The van der Waals surface area contributed by atoms with Crippen molar-refractivity contribution >= 4 is 29.1 Å². The molecule has 8 nitrogen and oxygen atoms in total. The van der Waals surface area contributed by atoms with Gasteiger partial charge in [-0.1, -0.05) is 18.2 Å². The van der Waals surface area contributed by atoms with Crippen molar-refractivity contribution in [2.75, 3.05) is 51.5 Å². The summed E-state index contributed by atoms with van der Waals surface area (Å²) in [5.41, 5.74) is 2.83. The van der Waals surface area contributed by atoms with E-state index in [0.29, 0.717) is 37.2 Å². The molecular weight excluding hydrogens is 396 g/mol. The molecule has 0 fully saturated rings. The van der Waals surface area contributed by atoms with Gasteiger partial charge in [-0.3, -0.25) is 14.4 Å². The van der Waals surface area contributed by atoms with Crippen LogP contribution >= 0.6 is 0 Å². The summed E-state index contributed by atoms with van der Waals surface area (Å²) in [6.45, 7) is 0.920. The summed E-state index contributed by atoms with van der Waals surface area (Å²) >= 11 is 0. The molecule has 2 rings (SSSR count). The molecule has 0 aliphatic rings. The van der Waals surface area contributed by atoms with E-state index in [1.807, 2.05) is 24.3 Å². The van der Waals surface area contributed by atoms with E-state index in [1.54, 1.807) is 50.4 Å². The van der Waals surface area contributed by atoms with Gasteiger partial charge in [0.1, 0.15) is 0 Å². The van der Waals surface area contributed by atoms with Gasteiger partial charge in [-0.15, -0.1) is 0 Å². The Morgan fingerprint density at radius 3 is 2.48 bits per heavy atom. The summed E-state index contributed by atoms with van der Waals surface area (Å²) < 4.78 is 4.91. The first kappa shape index (κ1) is 23.9. The fraction of sp³-hybridized carbons (Fsp3) is 0.348. The summed E-state index contributed by atoms with van der Waals surface area (Å²) in [5.74, 6) is -0.381. The maximum absolute atomic E-state index is 12.3. The minimum atomic E-state index is -0.231. The molecule has 0 aromatic heterocycles. The number of rotatable bonds is 11. The highest BCUT2D eigenvalue weighted by atomic mass is 16.5. The number of aryl methyl sites for hydroxylation is 1. The van der Waals surface area contributed by atoms with E-state index >= 15 is 0 Å². The molecular formula is C23H30N4O4. The third-order valence-electron chi connectivity index (χ3n) is 4.51. The quantitative estimate of drug-likeness (QED) is 0.478. The SMILES string of the molecule is COCCNC(=O)c1cccc(NC(=O)CNc2cccc(CCC(=O)N(C)C)c2)c1. The number of nitrogens with one attached hydrogen (secondary N) is 3. The molecule has 0 spiro atoms. The number of nitrogens with zero attached hydrogens (tertiary/aromatic N) is 1. The van der Waals surface area contributed by atoms with E-state index in [4.69, 9.17) is 4.74 Å². The predicted octanol–water partition coefficient (Wildman–Crippen LogP) is 2.13. The average Bonchev–Trinajstić information content (AvgIpc) is 2.76. The number of amides is 3. The number of hydrogen-bond acceptors (Lipinski definition) is 5. The van der Waals surface area contributed by atoms with Gasteiger partial charge in [0.05, 0.1) is 13.2 Å². The van der Waals surface area contributed by atoms with Crippen molar-refractivity contribution in [1.29, 1.82) is 0 Å². The fourth-order valence-corrected chi connectivity index (χ4v) is 2.81. The number of ether oxygens (including phenoxy) is 1. The van der Waals surface area contributed by atoms with Crippen molar-refractivity contribution in [3.05, 3.63) is 59.7 Å². The van der Waals surface area contributed by atoms with Gasteiger partial charge in [0.2, 0.25) is 11.8 Å². The van der Waals surface area contributed by atoms with Gasteiger partial charge in [0, 0.05) is 51.1 Å². The van der Waals surface area contributed by atoms with E-state index in [2.05, 4.69) is 16.0 Å². The Morgan fingerprint density at radius 1 is 1.00 bits per heavy atom. The van der Waals surface area contributed by atoms with Crippen LogP contribution in [0, 0.1) is 0 Å². The highest BCUT2D eigenvalue weighted by Gasteiger charge is 2.08. The Kier molecular flexibility index (Phi) is 9.51. The topological polar surface area (TPSA) is 99.8 Å². The smallest absolute Gasteiger partial charge is 0.251 e. The number of carbonyl (C=O) groups excluding carboxylic acids is 3. The molecule has 0 aliphatic heterocycles. The van der Waals surface area contributed by atoms with E-state index in [9.17, 15) is 14.4 Å². The molecule has 0 unspecified atom stereocenters. The molecule has 0 radical (unpaired) electrons. The first-order chi connectivity index (χ1) is 14.9. The van der Waals surface area contributed by atoms with Crippen molar-refractivity contribution in [2.24, 2.45) is 0 Å². The fourth-order valence-electron chi connectivity index (χ4n) is 2.81. The number of anilines is 2. The van der Waals surface area contributed by atoms with Gasteiger partial charge in [-0.05, 0) is 42.3 Å². The largest absolute Gasteiger partial charge is 0.383 e. The van der Waals surface area contributed by atoms with E-state index in [-0.39, 0.29) is 24.3 Å². The molecule has 0 atom stereocenters. The predicted molar refractivity (Wildman–Crippen MR) is 121 cm³/mol. The van der Waals surface area contributed by atoms with Crippen molar-refractivity contribution in [1.82, 2.24) is 10.2 Å². The molecule has 2 aromatic carbocycles. The zero-order chi connectivity index (χ0) is 22.6. The minimum absolute atomic E-state index is 0.0738. The third-order valence-corrected chi connectivity index (χ3v) is 4.51. The summed E-state index contributed by atoms with van der Waals surface area (Å²) in [6.07, 6.45) is 1.07. The van der Waals surface area contributed by atoms with E-state index in [0.717, 1.165) is 11.3 Å². The van der Waals surface area contributed by atoms with Crippen molar-refractivity contribution in [2.45, 2.75) is 12.8 Å². The second-order valence-corrected chi connectivity index (χ2v) is 7.22. The Morgan fingerprint density at radius 2 is 1.74 bits per heavy atom. The molecule has 3 N–H and O–H groups in total. The van der Waals surface area contributed by atoms with Crippen molar-refractivity contribution in [3.8, 4) is 0 Å². The summed E-state index contributed by atoms with van der Waals surface area (Å²) in [6, 6.07) is 14.4. The van der Waals surface area contributed by atoms with Crippen molar-refractivity contribution in [3.63, 3.8) is 0 Å². The molecule has 2 aromatic rings. The molecule has 31 heavy (non-hydrogen) atoms. The van der Waals surface area contributed by atoms with Crippen LogP contribution in [0.15, 0.2) is 48.5 Å². The Bertz CT molecular complexity index is 899. The second kappa shape index (κ2) is 12.3. The molecule has 0 heterocycles. The number of carbonyl (C=O) groups is 3. The Labute approximate surface area is 183 Å². The Hall–Kier alpha value is -3.39. The monoisotopic (exact) mass is 426 g/mol. The lowest BCUT2D eigenvalue weighted by molar-refractivity contribution is -0.128. The number of hydrogen-bond donors (Lipinski definition) is 3. The van der Waals surface area contributed by atoms with Gasteiger partial charge >= 0.3 is 0 Å². The summed E-state index contributed by atoms with van der Waals surface area (Å²) in [4.78, 5) is 37.8. The Balaban J connectivity index is 1.85. The minimum Gasteiger partial charge on any atom is -0.383 e. The first-order valence-corrected chi connectivity index (χ1v) is 10.1. The van der Waals surface area contributed by atoms with Gasteiger partial charge < -0.3 is 25.6 Å². The number of benzene rings is 2. The lowest BCUT2D eigenvalue weighted by Gasteiger charge is -2.12. The molecule has 0 aliphatic carbocycles. The van der Waals surface area contributed by atoms with Crippen LogP contribution in [0.2, 0.25) is 0 Å². The summed E-state index contributed by atoms with van der Waals surface area (Å²) in [7, 11) is 5.05. The van der Waals surface area contributed by atoms with Crippen LogP contribution in [0.3, 0.4) is 0 Å². The molecule has 0 saturated carbocycles. The third kappa shape index (κ3) is 8.47. The normalized spacial score (nSPS) is 10.3. The zero-order valence-corrected chi connectivity index (χ0v) is 18.2. The number of methoxy groups -OCH3 is 1. The van der Waals surface area contributed by atoms with Gasteiger partial charge in [0.15, 0.2) is 0 Å². The first-order valence-electron chi connectivity index (χ1n) is 10.1. The highest BCUT2D eigenvalue weighted by Crippen LogP contribution is 2.14. The average molecular weight is 427 g/mol. The van der Waals surface area contributed by atoms with Gasteiger partial charge in [-0.2, -0.15) is 0 Å².